The molecular formula is C10H16O12S. The summed E-state index contributed by atoms with van der Waals surface area (Å²) in [5, 5.41) is 43.0. The summed E-state index contributed by atoms with van der Waals surface area (Å²) < 4.78 is 34.8. The average Bonchev–Trinajstić information content (AvgIpc) is 2.46. The SMILES string of the molecule is O=C[C@H](O)[C@@H](O)[C@H](O)[C@H](O)COC(=O)C(CC(=O)O)S(=O)(=O)O. The molecule has 0 aromatic rings. The molecule has 0 bridgehead atoms. The van der Waals surface area contributed by atoms with Gasteiger partial charge in [0, 0.05) is 0 Å². The van der Waals surface area contributed by atoms with Gasteiger partial charge in [0.25, 0.3) is 10.1 Å². The molecule has 12 nitrogen and oxygen atoms in total. The first kappa shape index (κ1) is 21.4. The molecule has 1 unspecified atom stereocenters. The van der Waals surface area contributed by atoms with Crippen molar-refractivity contribution in [1.82, 2.24) is 0 Å². The molecule has 0 rings (SSSR count). The third-order valence-corrected chi connectivity index (χ3v) is 3.69. The van der Waals surface area contributed by atoms with Gasteiger partial charge in [0.2, 0.25) is 0 Å². The fourth-order valence-electron chi connectivity index (χ4n) is 1.34. The second-order valence-electron chi connectivity index (χ2n) is 4.41. The van der Waals surface area contributed by atoms with Crippen LogP contribution in [0.3, 0.4) is 0 Å². The number of aliphatic hydroxyl groups is 4. The Kier molecular flexibility index (Phi) is 8.22. The van der Waals surface area contributed by atoms with Gasteiger partial charge in [0.1, 0.15) is 31.0 Å². The van der Waals surface area contributed by atoms with E-state index in [-0.39, 0.29) is 6.29 Å². The second kappa shape index (κ2) is 8.85. The van der Waals surface area contributed by atoms with Crippen molar-refractivity contribution in [3.05, 3.63) is 0 Å². The van der Waals surface area contributed by atoms with E-state index >= 15 is 0 Å². The maximum Gasteiger partial charge on any atom is 0.327 e. The topological polar surface area (TPSA) is 216 Å². The minimum absolute atomic E-state index is 0.131. The van der Waals surface area contributed by atoms with E-state index in [4.69, 9.17) is 14.8 Å². The van der Waals surface area contributed by atoms with Gasteiger partial charge in [-0.2, -0.15) is 8.42 Å². The molecule has 0 amide bonds. The van der Waals surface area contributed by atoms with Gasteiger partial charge >= 0.3 is 11.9 Å². The summed E-state index contributed by atoms with van der Waals surface area (Å²) >= 11 is 0. The Morgan fingerprint density at radius 1 is 1.09 bits per heavy atom. The maximum atomic E-state index is 11.4. The second-order valence-corrected chi connectivity index (χ2v) is 6.01. The number of carbonyl (C=O) groups excluding carboxylic acids is 2. The highest BCUT2D eigenvalue weighted by Gasteiger charge is 2.36. The molecule has 0 aliphatic carbocycles. The summed E-state index contributed by atoms with van der Waals surface area (Å²) in [5.74, 6) is -3.44. The van der Waals surface area contributed by atoms with Crippen LogP contribution in [-0.4, -0.2) is 93.0 Å². The third-order valence-electron chi connectivity index (χ3n) is 2.61. The molecule has 0 aromatic carbocycles. The molecule has 0 spiro atoms. The van der Waals surface area contributed by atoms with Crippen LogP contribution >= 0.6 is 0 Å². The Bertz CT molecular complexity index is 528. The molecule has 0 saturated carbocycles. The van der Waals surface area contributed by atoms with Crippen molar-refractivity contribution in [2.24, 2.45) is 0 Å². The number of hydrogen-bond donors (Lipinski definition) is 6. The number of hydrogen-bond acceptors (Lipinski definition) is 10. The van der Waals surface area contributed by atoms with Gasteiger partial charge in [-0.05, 0) is 0 Å². The highest BCUT2D eigenvalue weighted by Crippen LogP contribution is 2.10. The van der Waals surface area contributed by atoms with Crippen molar-refractivity contribution in [3.8, 4) is 0 Å². The Hall–Kier alpha value is -1.64. The number of ether oxygens (including phenoxy) is 1. The van der Waals surface area contributed by atoms with Gasteiger partial charge in [-0.15, -0.1) is 0 Å². The Morgan fingerprint density at radius 2 is 1.61 bits per heavy atom. The molecule has 0 aromatic heterocycles. The van der Waals surface area contributed by atoms with E-state index < -0.39 is 64.8 Å². The van der Waals surface area contributed by atoms with Crippen LogP contribution in [0.25, 0.3) is 0 Å². The van der Waals surface area contributed by atoms with Crippen molar-refractivity contribution in [1.29, 1.82) is 0 Å². The summed E-state index contributed by atoms with van der Waals surface area (Å²) in [6, 6.07) is 0. The van der Waals surface area contributed by atoms with E-state index in [1.54, 1.807) is 0 Å². The summed E-state index contributed by atoms with van der Waals surface area (Å²) in [6.07, 6.45) is -9.75. The molecule has 134 valence electrons. The maximum absolute atomic E-state index is 11.4. The predicted octanol–water partition coefficient (Wildman–Crippen LogP) is -4.10. The summed E-state index contributed by atoms with van der Waals surface area (Å²) in [7, 11) is -5.10. The molecule has 13 heteroatoms. The largest absolute Gasteiger partial charge is 0.481 e. The van der Waals surface area contributed by atoms with E-state index in [9.17, 15) is 38.1 Å². The van der Waals surface area contributed by atoms with Crippen LogP contribution in [0.4, 0.5) is 0 Å². The molecule has 0 heterocycles. The number of carboxylic acids is 1. The number of aliphatic carboxylic acids is 1. The molecule has 0 saturated heterocycles. The number of carbonyl (C=O) groups is 3. The van der Waals surface area contributed by atoms with Gasteiger partial charge in [-0.3, -0.25) is 14.1 Å². The lowest BCUT2D eigenvalue weighted by molar-refractivity contribution is -0.157. The lowest BCUT2D eigenvalue weighted by Gasteiger charge is -2.24. The quantitative estimate of drug-likeness (QED) is 0.124. The number of esters is 1. The zero-order valence-electron chi connectivity index (χ0n) is 11.4. The molecule has 6 N–H and O–H groups in total. The lowest BCUT2D eigenvalue weighted by atomic mass is 10.0. The molecule has 0 fully saturated rings. The molecule has 0 aliphatic rings. The summed E-state index contributed by atoms with van der Waals surface area (Å²) in [4.78, 5) is 32.1. The minimum atomic E-state index is -5.10. The normalized spacial score (nSPS) is 18.3. The van der Waals surface area contributed by atoms with Crippen LogP contribution in [0.5, 0.6) is 0 Å². The number of aldehydes is 1. The van der Waals surface area contributed by atoms with Gasteiger partial charge < -0.3 is 35.1 Å². The van der Waals surface area contributed by atoms with Crippen LogP contribution in [0.2, 0.25) is 0 Å². The molecule has 23 heavy (non-hydrogen) atoms. The Balaban J connectivity index is 4.78. The van der Waals surface area contributed by atoms with Crippen LogP contribution < -0.4 is 0 Å². The van der Waals surface area contributed by atoms with E-state index in [1.165, 1.54) is 0 Å². The monoisotopic (exact) mass is 360 g/mol. The van der Waals surface area contributed by atoms with E-state index in [0.29, 0.717) is 0 Å². The smallest absolute Gasteiger partial charge is 0.327 e. The van der Waals surface area contributed by atoms with Gasteiger partial charge in [0.15, 0.2) is 11.5 Å². The lowest BCUT2D eigenvalue weighted by Crippen LogP contribution is -2.47. The highest BCUT2D eigenvalue weighted by atomic mass is 32.2. The standard InChI is InChI=1S/C10H16O12S/c11-2-4(12)8(16)9(17)5(13)3-22-10(18)6(1-7(14)15)23(19,20)21/h2,4-6,8-9,12-13,16-17H,1,3H2,(H,14,15)(H,19,20,21)/t4-,5+,6?,8+,9+/m0/s1. The molecule has 0 radical (unpaired) electrons. The first-order chi connectivity index (χ1) is 10.4. The molecular weight excluding hydrogens is 344 g/mol. The van der Waals surface area contributed by atoms with Gasteiger partial charge in [-0.25, -0.2) is 0 Å². The highest BCUT2D eigenvalue weighted by molar-refractivity contribution is 7.87. The van der Waals surface area contributed by atoms with Crippen molar-refractivity contribution < 1.29 is 57.6 Å². The van der Waals surface area contributed by atoms with Crippen molar-refractivity contribution >= 4 is 28.3 Å². The zero-order chi connectivity index (χ0) is 18.4. The first-order valence-electron chi connectivity index (χ1n) is 5.94. The van der Waals surface area contributed by atoms with Crippen LogP contribution in [0, 0.1) is 0 Å². The Labute approximate surface area is 129 Å². The van der Waals surface area contributed by atoms with Crippen LogP contribution in [0.1, 0.15) is 6.42 Å². The fraction of sp³-hybridized carbons (Fsp3) is 0.700. The van der Waals surface area contributed by atoms with E-state index in [2.05, 4.69) is 4.74 Å². The molecule has 0 aliphatic heterocycles. The third kappa shape index (κ3) is 6.98. The summed E-state index contributed by atoms with van der Waals surface area (Å²) in [5.41, 5.74) is 0. The van der Waals surface area contributed by atoms with Crippen molar-refractivity contribution in [2.45, 2.75) is 36.1 Å². The average molecular weight is 360 g/mol. The molecule has 5 atom stereocenters. The predicted molar refractivity (Wildman–Crippen MR) is 68.6 cm³/mol. The number of rotatable bonds is 10. The van der Waals surface area contributed by atoms with Crippen molar-refractivity contribution in [2.75, 3.05) is 6.61 Å². The van der Waals surface area contributed by atoms with E-state index in [0.717, 1.165) is 0 Å². The van der Waals surface area contributed by atoms with Crippen LogP contribution in [-0.2, 0) is 29.2 Å². The minimum Gasteiger partial charge on any atom is -0.481 e. The number of aliphatic hydroxyl groups excluding tert-OH is 4. The van der Waals surface area contributed by atoms with Gasteiger partial charge in [0.05, 0.1) is 6.42 Å². The first-order valence-corrected chi connectivity index (χ1v) is 7.44. The van der Waals surface area contributed by atoms with Crippen molar-refractivity contribution in [3.63, 3.8) is 0 Å². The zero-order valence-corrected chi connectivity index (χ0v) is 12.2. The number of carboxylic acid groups (broad SMARTS) is 1. The summed E-state index contributed by atoms with van der Waals surface area (Å²) in [6.45, 7) is -1.10. The van der Waals surface area contributed by atoms with Gasteiger partial charge in [-0.1, -0.05) is 0 Å². The van der Waals surface area contributed by atoms with E-state index in [1.807, 2.05) is 0 Å². The fourth-order valence-corrected chi connectivity index (χ4v) is 2.00. The Morgan fingerprint density at radius 3 is 2.00 bits per heavy atom. The van der Waals surface area contributed by atoms with Crippen LogP contribution in [0.15, 0.2) is 0 Å².